The summed E-state index contributed by atoms with van der Waals surface area (Å²) < 4.78 is 5.28. The van der Waals surface area contributed by atoms with Gasteiger partial charge in [-0.3, -0.25) is 19.7 Å². The van der Waals surface area contributed by atoms with Crippen molar-refractivity contribution in [2.24, 2.45) is 0 Å². The van der Waals surface area contributed by atoms with Gasteiger partial charge >= 0.3 is 5.69 Å². The Morgan fingerprint density at radius 3 is 2.41 bits per heavy atom. The number of nitro groups is 1. The van der Waals surface area contributed by atoms with Gasteiger partial charge in [-0.15, -0.1) is 0 Å². The maximum absolute atomic E-state index is 12.8. The van der Waals surface area contributed by atoms with Crippen molar-refractivity contribution >= 4 is 34.7 Å². The molecule has 0 unspecified atom stereocenters. The van der Waals surface area contributed by atoms with Gasteiger partial charge in [0.1, 0.15) is 0 Å². The van der Waals surface area contributed by atoms with Gasteiger partial charge in [-0.1, -0.05) is 54.1 Å². The number of nitrogens with one attached hydrogen (secondary N) is 1. The first-order valence-corrected chi connectivity index (χ1v) is 8.89. The van der Waals surface area contributed by atoms with Crippen LogP contribution in [0.25, 0.3) is 0 Å². The zero-order valence-electron chi connectivity index (χ0n) is 15.0. The molecule has 146 valence electrons. The van der Waals surface area contributed by atoms with Gasteiger partial charge in [0, 0.05) is 22.2 Å². The summed E-state index contributed by atoms with van der Waals surface area (Å²) in [6.07, 6.45) is 0. The van der Waals surface area contributed by atoms with Crippen molar-refractivity contribution in [2.75, 3.05) is 11.9 Å². The largest absolute Gasteiger partial charge is 0.477 e. The average Bonchev–Trinajstić information content (AvgIpc) is 2.73. The Hall–Kier alpha value is -3.71. The van der Waals surface area contributed by atoms with Crippen LogP contribution in [0.15, 0.2) is 72.8 Å². The zero-order valence-corrected chi connectivity index (χ0v) is 15.8. The Bertz CT molecular complexity index is 1070. The first-order valence-electron chi connectivity index (χ1n) is 8.51. The monoisotopic (exact) mass is 410 g/mol. The van der Waals surface area contributed by atoms with Crippen LogP contribution in [-0.4, -0.2) is 23.2 Å². The lowest BCUT2D eigenvalue weighted by Crippen LogP contribution is -2.22. The number of amides is 1. The molecule has 0 radical (unpaired) electrons. The smallest absolute Gasteiger partial charge is 0.310 e. The Kier molecular flexibility index (Phi) is 6.21. The molecule has 0 bridgehead atoms. The summed E-state index contributed by atoms with van der Waals surface area (Å²) >= 11 is 6.02. The van der Waals surface area contributed by atoms with E-state index in [2.05, 4.69) is 5.32 Å². The van der Waals surface area contributed by atoms with Gasteiger partial charge in [0.2, 0.25) is 0 Å². The first kappa shape index (κ1) is 20.0. The molecule has 0 aliphatic carbocycles. The topological polar surface area (TPSA) is 98.5 Å². The van der Waals surface area contributed by atoms with Gasteiger partial charge in [0.25, 0.3) is 5.91 Å². The number of halogens is 1. The van der Waals surface area contributed by atoms with Gasteiger partial charge in [0.15, 0.2) is 18.1 Å². The Morgan fingerprint density at radius 2 is 1.69 bits per heavy atom. The quantitative estimate of drug-likeness (QED) is 0.351. The number of para-hydroxylation sites is 2. The predicted octanol–water partition coefficient (Wildman–Crippen LogP) is 4.50. The van der Waals surface area contributed by atoms with E-state index >= 15 is 0 Å². The fourth-order valence-electron chi connectivity index (χ4n) is 2.62. The lowest BCUT2D eigenvalue weighted by atomic mass is 10.0. The number of hydrogen-bond acceptors (Lipinski definition) is 5. The highest BCUT2D eigenvalue weighted by atomic mass is 35.5. The summed E-state index contributed by atoms with van der Waals surface area (Å²) in [6.45, 7) is -0.466. The van der Waals surface area contributed by atoms with E-state index in [1.807, 2.05) is 0 Å². The van der Waals surface area contributed by atoms with Crippen molar-refractivity contribution in [2.45, 2.75) is 0 Å². The number of ether oxygens (including phenoxy) is 1. The second-order valence-corrected chi connectivity index (χ2v) is 6.38. The summed E-state index contributed by atoms with van der Waals surface area (Å²) in [7, 11) is 0. The van der Waals surface area contributed by atoms with E-state index in [4.69, 9.17) is 16.3 Å². The minimum Gasteiger partial charge on any atom is -0.477 e. The van der Waals surface area contributed by atoms with Crippen molar-refractivity contribution < 1.29 is 19.2 Å². The fourth-order valence-corrected chi connectivity index (χ4v) is 2.79. The average molecular weight is 411 g/mol. The summed E-state index contributed by atoms with van der Waals surface area (Å²) in [5, 5.41) is 14.0. The van der Waals surface area contributed by atoms with Gasteiger partial charge in [0.05, 0.1) is 10.6 Å². The van der Waals surface area contributed by atoms with E-state index in [-0.39, 0.29) is 28.5 Å². The van der Waals surface area contributed by atoms with E-state index in [1.165, 1.54) is 30.3 Å². The summed E-state index contributed by atoms with van der Waals surface area (Å²) in [4.78, 5) is 35.5. The number of hydrogen-bond donors (Lipinski definition) is 1. The molecule has 0 aliphatic rings. The molecule has 3 aromatic rings. The highest BCUT2D eigenvalue weighted by Gasteiger charge is 2.18. The molecular formula is C21H15ClN2O5. The number of carbonyl (C=O) groups is 2. The Balaban J connectivity index is 1.76. The lowest BCUT2D eigenvalue weighted by molar-refractivity contribution is -0.385. The third-order valence-corrected chi connectivity index (χ3v) is 4.19. The number of carbonyl (C=O) groups excluding carboxylic acids is 2. The number of nitrogens with zero attached hydrogens (tertiary/aromatic N) is 1. The normalized spacial score (nSPS) is 10.2. The molecule has 3 aromatic carbocycles. The van der Waals surface area contributed by atoms with E-state index < -0.39 is 17.4 Å². The van der Waals surface area contributed by atoms with Crippen molar-refractivity contribution in [3.8, 4) is 5.75 Å². The van der Waals surface area contributed by atoms with Crippen molar-refractivity contribution in [1.82, 2.24) is 0 Å². The van der Waals surface area contributed by atoms with E-state index in [9.17, 15) is 19.7 Å². The molecule has 29 heavy (non-hydrogen) atoms. The molecule has 0 heterocycles. The first-order chi connectivity index (χ1) is 14.0. The van der Waals surface area contributed by atoms with Crippen LogP contribution >= 0.6 is 11.6 Å². The van der Waals surface area contributed by atoms with Gasteiger partial charge in [-0.25, -0.2) is 0 Å². The summed E-state index contributed by atoms with van der Waals surface area (Å²) in [6, 6.07) is 18.8. The Morgan fingerprint density at radius 1 is 1.00 bits per heavy atom. The number of anilines is 1. The second-order valence-electron chi connectivity index (χ2n) is 5.95. The summed E-state index contributed by atoms with van der Waals surface area (Å²) in [5.74, 6) is -0.903. The minimum absolute atomic E-state index is 0.0238. The van der Waals surface area contributed by atoms with Crippen LogP contribution in [0.1, 0.15) is 15.9 Å². The third kappa shape index (κ3) is 4.97. The van der Waals surface area contributed by atoms with Crippen molar-refractivity contribution in [3.05, 3.63) is 99.1 Å². The molecule has 0 saturated heterocycles. The number of nitro benzene ring substituents is 1. The van der Waals surface area contributed by atoms with E-state index in [1.54, 1.807) is 42.5 Å². The Labute approximate surface area is 171 Å². The molecule has 0 atom stereocenters. The van der Waals surface area contributed by atoms with Crippen LogP contribution in [-0.2, 0) is 4.79 Å². The highest BCUT2D eigenvalue weighted by molar-refractivity contribution is 6.31. The molecule has 7 nitrogen and oxygen atoms in total. The number of ketones is 1. The van der Waals surface area contributed by atoms with Gasteiger partial charge in [-0.05, 0) is 24.3 Å². The van der Waals surface area contributed by atoms with Crippen LogP contribution in [0, 0.1) is 10.1 Å². The maximum Gasteiger partial charge on any atom is 0.310 e. The van der Waals surface area contributed by atoms with Crippen LogP contribution in [0.4, 0.5) is 11.4 Å². The standard InChI is InChI=1S/C21H15ClN2O5/c22-15-10-11-17(16(12-15)21(26)14-6-2-1-3-7-14)23-20(25)13-29-19-9-5-4-8-18(19)24(27)28/h1-12H,13H2,(H,23,25). The molecule has 3 rings (SSSR count). The third-order valence-electron chi connectivity index (χ3n) is 3.96. The fraction of sp³-hybridized carbons (Fsp3) is 0.0476. The van der Waals surface area contributed by atoms with Gasteiger partial charge < -0.3 is 10.1 Å². The highest BCUT2D eigenvalue weighted by Crippen LogP contribution is 2.26. The lowest BCUT2D eigenvalue weighted by Gasteiger charge is -2.12. The SMILES string of the molecule is O=C(COc1ccccc1[N+](=O)[O-])Nc1ccc(Cl)cc1C(=O)c1ccccc1. The molecule has 0 spiro atoms. The van der Waals surface area contributed by atoms with E-state index in [0.29, 0.717) is 10.6 Å². The molecule has 1 N–H and O–H groups in total. The molecule has 1 amide bonds. The molecule has 0 aliphatic heterocycles. The molecular weight excluding hydrogens is 396 g/mol. The predicted molar refractivity (Wildman–Crippen MR) is 109 cm³/mol. The van der Waals surface area contributed by atoms with Crippen LogP contribution < -0.4 is 10.1 Å². The van der Waals surface area contributed by atoms with Crippen LogP contribution in [0.5, 0.6) is 5.75 Å². The molecule has 0 saturated carbocycles. The zero-order chi connectivity index (χ0) is 20.8. The number of benzene rings is 3. The van der Waals surface area contributed by atoms with Crippen molar-refractivity contribution in [3.63, 3.8) is 0 Å². The molecule has 0 fully saturated rings. The van der Waals surface area contributed by atoms with Crippen LogP contribution in [0.3, 0.4) is 0 Å². The van der Waals surface area contributed by atoms with Crippen molar-refractivity contribution in [1.29, 1.82) is 0 Å². The van der Waals surface area contributed by atoms with Crippen LogP contribution in [0.2, 0.25) is 5.02 Å². The number of rotatable bonds is 7. The summed E-state index contributed by atoms with van der Waals surface area (Å²) in [5.41, 5.74) is 0.690. The molecule has 0 aromatic heterocycles. The van der Waals surface area contributed by atoms with Gasteiger partial charge in [-0.2, -0.15) is 0 Å². The van der Waals surface area contributed by atoms with E-state index in [0.717, 1.165) is 0 Å². The second kappa shape index (κ2) is 8.99. The molecule has 8 heteroatoms. The minimum atomic E-state index is -0.594. The maximum atomic E-state index is 12.8.